The molecule has 0 atom stereocenters. The second-order valence-electron chi connectivity index (χ2n) is 3.37. The number of aromatic nitrogens is 2. The Kier molecular flexibility index (Phi) is 2.88. The lowest BCUT2D eigenvalue weighted by Crippen LogP contribution is -2.20. The number of hydrogen-bond acceptors (Lipinski definition) is 3. The third kappa shape index (κ3) is 2.10. The Hall–Kier alpha value is -2.57. The molecule has 1 aromatic carbocycles. The zero-order valence-corrected chi connectivity index (χ0v) is 8.80. The third-order valence-electron chi connectivity index (χ3n) is 2.17. The first-order chi connectivity index (χ1) is 8.49. The van der Waals surface area contributed by atoms with E-state index in [0.29, 0.717) is 0 Å². The summed E-state index contributed by atoms with van der Waals surface area (Å²) in [6.07, 6.45) is 1.06. The lowest BCUT2D eigenvalue weighted by Gasteiger charge is -2.06. The van der Waals surface area contributed by atoms with Crippen LogP contribution in [0.4, 0.5) is 8.78 Å². The smallest absolute Gasteiger partial charge is 0.360 e. The van der Waals surface area contributed by atoms with Gasteiger partial charge in [0, 0.05) is 18.3 Å². The molecule has 1 N–H and O–H groups in total. The fraction of sp³-hybridized carbons (Fsp3) is 0. The van der Waals surface area contributed by atoms with Crippen LogP contribution in [-0.4, -0.2) is 20.9 Å². The molecular weight excluding hydrogens is 246 g/mol. The van der Waals surface area contributed by atoms with Crippen LogP contribution in [0.2, 0.25) is 0 Å². The first-order valence-electron chi connectivity index (χ1n) is 4.78. The summed E-state index contributed by atoms with van der Waals surface area (Å²) in [6.45, 7) is 0. The maximum Gasteiger partial charge on any atom is 0.360 e. The maximum atomic E-state index is 13.4. The second-order valence-corrected chi connectivity index (χ2v) is 3.37. The lowest BCUT2D eigenvalue weighted by molar-refractivity contribution is 0.0686. The molecule has 7 heteroatoms. The summed E-state index contributed by atoms with van der Waals surface area (Å²) in [5.41, 5.74) is -1.85. The molecule has 0 radical (unpaired) electrons. The van der Waals surface area contributed by atoms with E-state index in [1.165, 1.54) is 0 Å². The van der Waals surface area contributed by atoms with E-state index in [1.54, 1.807) is 0 Å². The quantitative estimate of drug-likeness (QED) is 0.871. The number of aromatic carboxylic acids is 1. The molecule has 0 saturated carbocycles. The first kappa shape index (κ1) is 11.9. The number of halogens is 2. The average molecular weight is 252 g/mol. The number of nitrogens with zero attached hydrogens (tertiary/aromatic N) is 2. The largest absolute Gasteiger partial charge is 0.476 e. The zero-order valence-electron chi connectivity index (χ0n) is 8.80. The van der Waals surface area contributed by atoms with Crippen LogP contribution in [0, 0.1) is 11.6 Å². The second kappa shape index (κ2) is 4.36. The Morgan fingerprint density at radius 1 is 1.28 bits per heavy atom. The molecule has 2 rings (SSSR count). The van der Waals surface area contributed by atoms with E-state index in [2.05, 4.69) is 5.10 Å². The van der Waals surface area contributed by atoms with Crippen molar-refractivity contribution in [3.8, 4) is 5.69 Å². The highest BCUT2D eigenvalue weighted by atomic mass is 19.1. The van der Waals surface area contributed by atoms with E-state index >= 15 is 0 Å². The normalized spacial score (nSPS) is 10.3. The Balaban J connectivity index is 2.65. The summed E-state index contributed by atoms with van der Waals surface area (Å²) in [4.78, 5) is 21.9. The Labute approximate surface area is 98.9 Å². The maximum absolute atomic E-state index is 13.4. The Morgan fingerprint density at radius 3 is 2.67 bits per heavy atom. The van der Waals surface area contributed by atoms with Gasteiger partial charge >= 0.3 is 5.97 Å². The number of carboxylic acids is 1. The number of hydrogen-bond donors (Lipinski definition) is 1. The van der Waals surface area contributed by atoms with Crippen LogP contribution in [0.25, 0.3) is 5.69 Å². The molecule has 0 unspecified atom stereocenters. The summed E-state index contributed by atoms with van der Waals surface area (Å²) in [5, 5.41) is 12.2. The Bertz CT molecular complexity index is 682. The molecule has 5 nitrogen and oxygen atoms in total. The van der Waals surface area contributed by atoms with Crippen molar-refractivity contribution in [1.82, 2.24) is 9.78 Å². The summed E-state index contributed by atoms with van der Waals surface area (Å²) in [6, 6.07) is 3.56. The van der Waals surface area contributed by atoms with Crippen molar-refractivity contribution in [3.05, 3.63) is 58.0 Å². The van der Waals surface area contributed by atoms with E-state index < -0.39 is 28.7 Å². The van der Waals surface area contributed by atoms with E-state index in [-0.39, 0.29) is 5.69 Å². The van der Waals surface area contributed by atoms with E-state index in [9.17, 15) is 18.4 Å². The van der Waals surface area contributed by atoms with Gasteiger partial charge in [-0.05, 0) is 12.1 Å². The molecule has 0 bridgehead atoms. The molecule has 0 saturated heterocycles. The fourth-order valence-corrected chi connectivity index (χ4v) is 1.35. The summed E-state index contributed by atoms with van der Waals surface area (Å²) in [5.74, 6) is -3.03. The van der Waals surface area contributed by atoms with Crippen LogP contribution in [0.5, 0.6) is 0 Å². The van der Waals surface area contributed by atoms with Crippen LogP contribution >= 0.6 is 0 Å². The summed E-state index contributed by atoms with van der Waals surface area (Å²) in [7, 11) is 0. The van der Waals surface area contributed by atoms with Gasteiger partial charge in [-0.15, -0.1) is 0 Å². The van der Waals surface area contributed by atoms with Gasteiger partial charge in [0.2, 0.25) is 11.1 Å². The highest BCUT2D eigenvalue weighted by Gasteiger charge is 2.13. The van der Waals surface area contributed by atoms with Crippen LogP contribution < -0.4 is 5.43 Å². The lowest BCUT2D eigenvalue weighted by atomic mass is 10.3. The van der Waals surface area contributed by atoms with Crippen LogP contribution in [0.3, 0.4) is 0 Å². The van der Waals surface area contributed by atoms with E-state index in [0.717, 1.165) is 35.1 Å². The third-order valence-corrected chi connectivity index (χ3v) is 2.17. The number of carbonyl (C=O) groups is 1. The van der Waals surface area contributed by atoms with Gasteiger partial charge in [0.05, 0.1) is 0 Å². The van der Waals surface area contributed by atoms with Crippen LogP contribution in [0.1, 0.15) is 10.5 Å². The average Bonchev–Trinajstić information content (AvgIpc) is 2.33. The van der Waals surface area contributed by atoms with Gasteiger partial charge in [0.1, 0.15) is 17.3 Å². The predicted octanol–water partition coefficient (Wildman–Crippen LogP) is 1.21. The van der Waals surface area contributed by atoms with Gasteiger partial charge in [-0.25, -0.2) is 18.3 Å². The molecular formula is C11H6F2N2O3. The van der Waals surface area contributed by atoms with Gasteiger partial charge in [0.25, 0.3) is 0 Å². The number of benzene rings is 1. The van der Waals surface area contributed by atoms with Gasteiger partial charge < -0.3 is 5.11 Å². The molecule has 0 amide bonds. The van der Waals surface area contributed by atoms with Crippen LogP contribution in [0.15, 0.2) is 35.3 Å². The first-order valence-corrected chi connectivity index (χ1v) is 4.78. The summed E-state index contributed by atoms with van der Waals surface area (Å²) >= 11 is 0. The van der Waals surface area contributed by atoms with Gasteiger partial charge in [-0.1, -0.05) is 0 Å². The molecule has 1 aromatic heterocycles. The molecule has 2 aromatic rings. The van der Waals surface area contributed by atoms with Crippen molar-refractivity contribution in [3.63, 3.8) is 0 Å². The fourth-order valence-electron chi connectivity index (χ4n) is 1.35. The minimum Gasteiger partial charge on any atom is -0.476 e. The summed E-state index contributed by atoms with van der Waals surface area (Å²) < 4.78 is 27.2. The van der Waals surface area contributed by atoms with Crippen molar-refractivity contribution in [2.24, 2.45) is 0 Å². The minimum absolute atomic E-state index is 0.280. The molecule has 0 aliphatic heterocycles. The monoisotopic (exact) mass is 252 g/mol. The van der Waals surface area contributed by atoms with E-state index in [4.69, 9.17) is 5.11 Å². The van der Waals surface area contributed by atoms with Crippen LogP contribution in [-0.2, 0) is 0 Å². The topological polar surface area (TPSA) is 72.2 Å². The van der Waals surface area contributed by atoms with Crippen molar-refractivity contribution in [2.45, 2.75) is 0 Å². The van der Waals surface area contributed by atoms with Crippen molar-refractivity contribution >= 4 is 5.97 Å². The molecule has 92 valence electrons. The SMILES string of the molecule is O=C(O)c1nn(-c2cc(F)ccc2F)ccc1=O. The number of carboxylic acid groups (broad SMARTS) is 1. The Morgan fingerprint density at radius 2 is 2.00 bits per heavy atom. The van der Waals surface area contributed by atoms with Crippen molar-refractivity contribution in [1.29, 1.82) is 0 Å². The highest BCUT2D eigenvalue weighted by molar-refractivity contribution is 5.84. The molecule has 1 heterocycles. The number of rotatable bonds is 2. The highest BCUT2D eigenvalue weighted by Crippen LogP contribution is 2.13. The van der Waals surface area contributed by atoms with Gasteiger partial charge in [-0.2, -0.15) is 5.10 Å². The molecule has 0 aliphatic rings. The minimum atomic E-state index is -1.54. The van der Waals surface area contributed by atoms with E-state index in [1.807, 2.05) is 0 Å². The zero-order chi connectivity index (χ0) is 13.3. The van der Waals surface area contributed by atoms with Crippen molar-refractivity contribution in [2.75, 3.05) is 0 Å². The molecule has 0 aliphatic carbocycles. The molecule has 0 fully saturated rings. The van der Waals surface area contributed by atoms with Gasteiger partial charge in [-0.3, -0.25) is 4.79 Å². The van der Waals surface area contributed by atoms with Crippen molar-refractivity contribution < 1.29 is 18.7 Å². The van der Waals surface area contributed by atoms with Gasteiger partial charge in [0.15, 0.2) is 0 Å². The molecule has 18 heavy (non-hydrogen) atoms. The standard InChI is InChI=1S/C11H6F2N2O3/c12-6-1-2-7(13)8(5-6)15-4-3-9(16)10(14-15)11(17)18/h1-5H,(H,17,18). The molecule has 0 spiro atoms. The predicted molar refractivity (Wildman–Crippen MR) is 56.7 cm³/mol.